The van der Waals surface area contributed by atoms with Crippen LogP contribution in [-0.4, -0.2) is 48.7 Å². The molecule has 106 valence electrons. The van der Waals surface area contributed by atoms with Crippen molar-refractivity contribution in [2.75, 3.05) is 37.6 Å². The van der Waals surface area contributed by atoms with Crippen LogP contribution in [0.15, 0.2) is 24.3 Å². The quantitative estimate of drug-likeness (QED) is 0.745. The molecule has 0 aromatic heterocycles. The van der Waals surface area contributed by atoms with E-state index >= 15 is 0 Å². The number of halogens is 1. The van der Waals surface area contributed by atoms with E-state index in [4.69, 9.17) is 16.7 Å². The zero-order chi connectivity index (χ0) is 13.8. The average molecular weight is 291 g/mol. The standard InChI is InChI=1S/C14H19ClN2O2.Li.H/c1-11(14(18)19)10-16-6-8-17(9-7-16)13-4-2-12(15)3-5-13;;/h2-5,11H,6-10H2,1H3,(H,18,19);;/q;+1;-1. The van der Waals surface area contributed by atoms with Crippen molar-refractivity contribution in [3.63, 3.8) is 0 Å². The summed E-state index contributed by atoms with van der Waals surface area (Å²) >= 11 is 5.88. The second kappa shape index (κ2) is 7.95. The van der Waals surface area contributed by atoms with Crippen LogP contribution in [0.2, 0.25) is 5.02 Å². The Balaban J connectivity index is 0.00000200. The van der Waals surface area contributed by atoms with Crippen molar-refractivity contribution in [1.82, 2.24) is 4.90 Å². The fraction of sp³-hybridized carbons (Fsp3) is 0.500. The summed E-state index contributed by atoms with van der Waals surface area (Å²) < 4.78 is 0. The van der Waals surface area contributed by atoms with Crippen molar-refractivity contribution in [2.24, 2.45) is 5.92 Å². The van der Waals surface area contributed by atoms with Crippen molar-refractivity contribution in [3.05, 3.63) is 29.3 Å². The first kappa shape index (κ1) is 17.4. The Morgan fingerprint density at radius 2 is 1.85 bits per heavy atom. The summed E-state index contributed by atoms with van der Waals surface area (Å²) in [4.78, 5) is 15.4. The molecular formula is C14H20ClLiN2O2. The molecule has 1 saturated heterocycles. The van der Waals surface area contributed by atoms with E-state index < -0.39 is 5.97 Å². The normalized spacial score (nSPS) is 17.4. The van der Waals surface area contributed by atoms with E-state index in [0.717, 1.165) is 31.2 Å². The third kappa shape index (κ3) is 4.71. The van der Waals surface area contributed by atoms with Gasteiger partial charge in [0, 0.05) is 43.4 Å². The molecule has 0 saturated carbocycles. The smallest absolute Gasteiger partial charge is 1.00 e. The maximum Gasteiger partial charge on any atom is 1.00 e. The number of rotatable bonds is 4. The van der Waals surface area contributed by atoms with Gasteiger partial charge in [-0.15, -0.1) is 0 Å². The van der Waals surface area contributed by atoms with Gasteiger partial charge in [0.2, 0.25) is 0 Å². The fourth-order valence-electron chi connectivity index (χ4n) is 2.31. The molecule has 1 aromatic rings. The van der Waals surface area contributed by atoms with Crippen LogP contribution in [0.4, 0.5) is 5.69 Å². The Hall–Kier alpha value is -0.663. The Morgan fingerprint density at radius 1 is 1.30 bits per heavy atom. The second-order valence-corrected chi connectivity index (χ2v) is 5.44. The minimum Gasteiger partial charge on any atom is -1.00 e. The number of hydrogen-bond donors (Lipinski definition) is 1. The molecule has 1 heterocycles. The van der Waals surface area contributed by atoms with E-state index in [1.807, 2.05) is 24.3 Å². The molecule has 0 bridgehead atoms. The first-order valence-corrected chi connectivity index (χ1v) is 6.90. The van der Waals surface area contributed by atoms with E-state index in [0.29, 0.717) is 6.54 Å². The number of carbonyl (C=O) groups is 1. The minimum absolute atomic E-state index is 0. The minimum atomic E-state index is -0.722. The summed E-state index contributed by atoms with van der Waals surface area (Å²) in [6.07, 6.45) is 0. The number of carboxylic acid groups (broad SMARTS) is 1. The fourth-order valence-corrected chi connectivity index (χ4v) is 2.43. The maximum absolute atomic E-state index is 10.8. The summed E-state index contributed by atoms with van der Waals surface area (Å²) in [7, 11) is 0. The van der Waals surface area contributed by atoms with Crippen molar-refractivity contribution >= 4 is 23.3 Å². The summed E-state index contributed by atoms with van der Waals surface area (Å²) in [5.41, 5.74) is 1.18. The number of carboxylic acids is 1. The Bertz CT molecular complexity index is 439. The van der Waals surface area contributed by atoms with E-state index in [1.165, 1.54) is 5.69 Å². The number of hydrogen-bond acceptors (Lipinski definition) is 3. The molecule has 4 nitrogen and oxygen atoms in total. The topological polar surface area (TPSA) is 43.8 Å². The van der Waals surface area contributed by atoms with E-state index in [-0.39, 0.29) is 26.2 Å². The second-order valence-electron chi connectivity index (χ2n) is 5.00. The van der Waals surface area contributed by atoms with Crippen LogP contribution in [0.1, 0.15) is 8.35 Å². The van der Waals surface area contributed by atoms with Gasteiger partial charge in [0.1, 0.15) is 0 Å². The third-order valence-electron chi connectivity index (χ3n) is 3.52. The molecule has 0 radical (unpaired) electrons. The van der Waals surface area contributed by atoms with Gasteiger partial charge in [0.25, 0.3) is 0 Å². The van der Waals surface area contributed by atoms with Crippen LogP contribution in [0.25, 0.3) is 0 Å². The zero-order valence-electron chi connectivity index (χ0n) is 13.1. The van der Waals surface area contributed by atoms with Crippen LogP contribution in [0.5, 0.6) is 0 Å². The molecule has 0 aliphatic carbocycles. The van der Waals surface area contributed by atoms with Crippen LogP contribution < -0.4 is 23.8 Å². The van der Waals surface area contributed by atoms with Crippen LogP contribution in [0, 0.1) is 5.92 Å². The van der Waals surface area contributed by atoms with Crippen molar-refractivity contribution in [2.45, 2.75) is 6.92 Å². The SMILES string of the molecule is CC(CN1CCN(c2ccc(Cl)cc2)CC1)C(=O)O.[H-].[Li+]. The Labute approximate surface area is 138 Å². The molecule has 0 amide bonds. The summed E-state index contributed by atoms with van der Waals surface area (Å²) in [5, 5.41) is 9.67. The molecule has 1 unspecified atom stereocenters. The molecule has 0 spiro atoms. The van der Waals surface area contributed by atoms with Gasteiger partial charge < -0.3 is 11.4 Å². The average Bonchev–Trinajstić information content (AvgIpc) is 2.40. The van der Waals surface area contributed by atoms with Gasteiger partial charge in [-0.3, -0.25) is 9.69 Å². The third-order valence-corrected chi connectivity index (χ3v) is 3.77. The molecule has 1 atom stereocenters. The first-order valence-electron chi connectivity index (χ1n) is 6.52. The molecular weight excluding hydrogens is 271 g/mol. The number of benzene rings is 1. The number of anilines is 1. The predicted molar refractivity (Wildman–Crippen MR) is 78.0 cm³/mol. The Kier molecular flexibility index (Phi) is 6.91. The van der Waals surface area contributed by atoms with Crippen molar-refractivity contribution in [1.29, 1.82) is 0 Å². The molecule has 1 aliphatic heterocycles. The maximum atomic E-state index is 10.8. The summed E-state index contributed by atoms with van der Waals surface area (Å²) in [6.45, 7) is 6.04. The van der Waals surface area contributed by atoms with Crippen LogP contribution in [-0.2, 0) is 4.79 Å². The molecule has 1 aromatic carbocycles. The largest absolute Gasteiger partial charge is 1.00 e. The van der Waals surface area contributed by atoms with Gasteiger partial charge in [-0.05, 0) is 24.3 Å². The molecule has 2 rings (SSSR count). The zero-order valence-corrected chi connectivity index (χ0v) is 12.8. The molecule has 1 aliphatic rings. The van der Waals surface area contributed by atoms with Gasteiger partial charge >= 0.3 is 24.8 Å². The van der Waals surface area contributed by atoms with Gasteiger partial charge in [0.15, 0.2) is 0 Å². The van der Waals surface area contributed by atoms with Gasteiger partial charge in [-0.2, -0.15) is 0 Å². The first-order chi connectivity index (χ1) is 9.06. The van der Waals surface area contributed by atoms with Crippen molar-refractivity contribution < 1.29 is 30.2 Å². The molecule has 6 heteroatoms. The summed E-state index contributed by atoms with van der Waals surface area (Å²) in [5.74, 6) is -1.03. The van der Waals surface area contributed by atoms with E-state index in [9.17, 15) is 4.79 Å². The number of piperazine rings is 1. The number of aliphatic carboxylic acids is 1. The van der Waals surface area contributed by atoms with Crippen LogP contribution in [0.3, 0.4) is 0 Å². The molecule has 1 N–H and O–H groups in total. The molecule has 20 heavy (non-hydrogen) atoms. The van der Waals surface area contributed by atoms with Crippen molar-refractivity contribution in [3.8, 4) is 0 Å². The van der Waals surface area contributed by atoms with Gasteiger partial charge in [-0.25, -0.2) is 0 Å². The predicted octanol–water partition coefficient (Wildman–Crippen LogP) is -0.701. The van der Waals surface area contributed by atoms with Gasteiger partial charge in [-0.1, -0.05) is 18.5 Å². The van der Waals surface area contributed by atoms with Crippen LogP contribution >= 0.6 is 11.6 Å². The number of nitrogens with zero attached hydrogens (tertiary/aromatic N) is 2. The molecule has 1 fully saturated rings. The Morgan fingerprint density at radius 3 is 2.35 bits per heavy atom. The van der Waals surface area contributed by atoms with E-state index in [1.54, 1.807) is 6.92 Å². The van der Waals surface area contributed by atoms with Gasteiger partial charge in [0.05, 0.1) is 5.92 Å². The summed E-state index contributed by atoms with van der Waals surface area (Å²) in [6, 6.07) is 7.85. The van der Waals surface area contributed by atoms with E-state index in [2.05, 4.69) is 9.80 Å². The monoisotopic (exact) mass is 290 g/mol.